The largest absolute Gasteiger partial charge is 0.420 e. The van der Waals surface area contributed by atoms with Gasteiger partial charge in [0.05, 0.1) is 22.7 Å². The van der Waals surface area contributed by atoms with E-state index in [1.165, 1.54) is 19.1 Å². The molecule has 0 aliphatic carbocycles. The molecule has 0 aromatic heterocycles. The van der Waals surface area contributed by atoms with Gasteiger partial charge in [-0.25, -0.2) is 0 Å². The fraction of sp³-hybridized carbons (Fsp3) is 0.500. The summed E-state index contributed by atoms with van der Waals surface area (Å²) in [6.45, 7) is 1.32. The predicted molar refractivity (Wildman–Crippen MR) is 80.8 cm³/mol. The van der Waals surface area contributed by atoms with Crippen LogP contribution >= 0.6 is 11.6 Å². The summed E-state index contributed by atoms with van der Waals surface area (Å²) in [5.74, 6) is -2.86. The third kappa shape index (κ3) is 2.26. The van der Waals surface area contributed by atoms with Gasteiger partial charge in [-0.2, -0.15) is 18.4 Å². The molecule has 9 heteroatoms. The van der Waals surface area contributed by atoms with E-state index in [1.54, 1.807) is 0 Å². The van der Waals surface area contributed by atoms with E-state index < -0.39 is 35.7 Å². The number of rotatable bonds is 1. The molecule has 25 heavy (non-hydrogen) atoms. The van der Waals surface area contributed by atoms with Crippen LogP contribution in [-0.4, -0.2) is 51.5 Å². The van der Waals surface area contributed by atoms with Crippen molar-refractivity contribution < 1.29 is 28.2 Å². The zero-order valence-corrected chi connectivity index (χ0v) is 13.8. The van der Waals surface area contributed by atoms with Gasteiger partial charge >= 0.3 is 6.18 Å². The summed E-state index contributed by atoms with van der Waals surface area (Å²) in [5, 5.41) is 29.5. The number of benzene rings is 1. The summed E-state index contributed by atoms with van der Waals surface area (Å²) < 4.78 is 41.5. The van der Waals surface area contributed by atoms with Gasteiger partial charge in [0.25, 0.3) is 0 Å². The Kier molecular flexibility index (Phi) is 4.02. The number of amides is 1. The number of aliphatic hydroxyl groups is 2. The number of carbonyl (C=O) groups is 1. The summed E-state index contributed by atoms with van der Waals surface area (Å²) in [6.07, 6.45) is -6.66. The lowest BCUT2D eigenvalue weighted by Crippen LogP contribution is -2.59. The van der Waals surface area contributed by atoms with Gasteiger partial charge in [0.15, 0.2) is 5.60 Å². The molecular formula is C16H14ClF3N2O3. The number of hydrogen-bond acceptors (Lipinski definition) is 4. The molecule has 134 valence electrons. The van der Waals surface area contributed by atoms with E-state index in [4.69, 9.17) is 16.9 Å². The van der Waals surface area contributed by atoms with E-state index in [9.17, 15) is 28.2 Å². The molecule has 2 unspecified atom stereocenters. The highest BCUT2D eigenvalue weighted by molar-refractivity contribution is 6.32. The van der Waals surface area contributed by atoms with Gasteiger partial charge in [0.2, 0.25) is 5.91 Å². The monoisotopic (exact) mass is 374 g/mol. The first-order chi connectivity index (χ1) is 11.6. The van der Waals surface area contributed by atoms with Crippen LogP contribution in [0.1, 0.15) is 29.0 Å². The second kappa shape index (κ2) is 5.59. The summed E-state index contributed by atoms with van der Waals surface area (Å²) in [5.41, 5.74) is -3.36. The normalized spacial score (nSPS) is 32.0. The van der Waals surface area contributed by atoms with E-state index in [-0.39, 0.29) is 34.7 Å². The van der Waals surface area contributed by atoms with Crippen LogP contribution in [0.5, 0.6) is 0 Å². The van der Waals surface area contributed by atoms with E-state index in [1.807, 2.05) is 6.07 Å². The molecule has 0 saturated carbocycles. The quantitative estimate of drug-likeness (QED) is 0.786. The Morgan fingerprint density at radius 1 is 1.44 bits per heavy atom. The Bertz CT molecular complexity index is 792. The van der Waals surface area contributed by atoms with Crippen molar-refractivity contribution in [2.75, 3.05) is 6.54 Å². The van der Waals surface area contributed by atoms with Crippen molar-refractivity contribution in [2.24, 2.45) is 0 Å². The minimum absolute atomic E-state index is 0.0331. The van der Waals surface area contributed by atoms with E-state index in [0.29, 0.717) is 0 Å². The van der Waals surface area contributed by atoms with E-state index in [0.717, 1.165) is 4.90 Å². The Morgan fingerprint density at radius 3 is 2.64 bits per heavy atom. The van der Waals surface area contributed by atoms with E-state index in [2.05, 4.69) is 0 Å². The minimum Gasteiger partial charge on any atom is -0.391 e. The summed E-state index contributed by atoms with van der Waals surface area (Å²) in [6, 6.07) is 2.46. The van der Waals surface area contributed by atoms with Crippen molar-refractivity contribution in [1.29, 1.82) is 5.26 Å². The number of halogens is 4. The number of nitriles is 1. The standard InChI is InChI=1S/C16H14ClF3N2O3/c1-7-9(3-2-8(6-21)12(7)17)11-14(24)22-5-4-10(23)13(22)15(11,25)16(18,19)20/h2-3,10-11,13,23,25H,4-5H2,1H3/t10-,11?,13-,15?/m0/s1. The lowest BCUT2D eigenvalue weighted by molar-refractivity contribution is -0.276. The highest BCUT2D eigenvalue weighted by atomic mass is 35.5. The first-order valence-corrected chi connectivity index (χ1v) is 7.90. The second-order valence-corrected chi connectivity index (χ2v) is 6.72. The van der Waals surface area contributed by atoms with Crippen LogP contribution in [-0.2, 0) is 4.79 Å². The number of hydrogen-bond donors (Lipinski definition) is 2. The number of nitrogens with zero attached hydrogens (tertiary/aromatic N) is 2. The average molecular weight is 375 g/mol. The highest BCUT2D eigenvalue weighted by Crippen LogP contribution is 2.54. The summed E-state index contributed by atoms with van der Waals surface area (Å²) in [7, 11) is 0. The Morgan fingerprint density at radius 2 is 2.08 bits per heavy atom. The van der Waals surface area contributed by atoms with Crippen LogP contribution in [0.2, 0.25) is 5.02 Å². The fourth-order valence-corrected chi connectivity index (χ4v) is 4.09. The molecular weight excluding hydrogens is 361 g/mol. The number of fused-ring (bicyclic) bond motifs is 1. The Balaban J connectivity index is 2.23. The molecule has 0 spiro atoms. The van der Waals surface area contributed by atoms with Crippen LogP contribution in [0.3, 0.4) is 0 Å². The van der Waals surface area contributed by atoms with Crippen molar-refractivity contribution in [2.45, 2.75) is 43.2 Å². The maximum absolute atomic E-state index is 13.8. The third-order valence-corrected chi connectivity index (χ3v) is 5.59. The second-order valence-electron chi connectivity index (χ2n) is 6.34. The number of alkyl halides is 3. The average Bonchev–Trinajstić information content (AvgIpc) is 3.02. The molecule has 0 radical (unpaired) electrons. The first kappa shape index (κ1) is 18.0. The predicted octanol–water partition coefficient (Wildman–Crippen LogP) is 1.87. The molecule has 2 aliphatic heterocycles. The maximum atomic E-state index is 13.8. The van der Waals surface area contributed by atoms with Crippen molar-refractivity contribution >= 4 is 17.5 Å². The topological polar surface area (TPSA) is 84.6 Å². The zero-order chi connectivity index (χ0) is 18.7. The van der Waals surface area contributed by atoms with Crippen LogP contribution in [0, 0.1) is 18.3 Å². The first-order valence-electron chi connectivity index (χ1n) is 7.52. The van der Waals surface area contributed by atoms with Gasteiger partial charge in [0.1, 0.15) is 12.0 Å². The van der Waals surface area contributed by atoms with Crippen molar-refractivity contribution in [3.05, 3.63) is 33.8 Å². The molecule has 3 rings (SSSR count). The molecule has 1 amide bonds. The third-order valence-electron chi connectivity index (χ3n) is 5.10. The smallest absolute Gasteiger partial charge is 0.391 e. The summed E-state index contributed by atoms with van der Waals surface area (Å²) in [4.78, 5) is 13.5. The lowest BCUT2D eigenvalue weighted by Gasteiger charge is -2.36. The van der Waals surface area contributed by atoms with Gasteiger partial charge in [-0.15, -0.1) is 0 Å². The maximum Gasteiger partial charge on any atom is 0.420 e. The molecule has 1 aromatic carbocycles. The fourth-order valence-electron chi connectivity index (χ4n) is 3.88. The Hall–Kier alpha value is -1.82. The Labute approximate surface area is 146 Å². The van der Waals surface area contributed by atoms with Crippen molar-refractivity contribution in [3.63, 3.8) is 0 Å². The number of aliphatic hydroxyl groups excluding tert-OH is 1. The SMILES string of the molecule is Cc1c(C2C(=O)N3CC[C@H](O)[C@H]3C2(O)C(F)(F)F)ccc(C#N)c1Cl. The molecule has 2 aliphatic rings. The van der Waals surface area contributed by atoms with Crippen LogP contribution in [0.25, 0.3) is 0 Å². The van der Waals surface area contributed by atoms with Gasteiger partial charge in [0, 0.05) is 6.54 Å². The molecule has 2 saturated heterocycles. The molecule has 2 heterocycles. The molecule has 1 aromatic rings. The molecule has 5 nitrogen and oxygen atoms in total. The minimum atomic E-state index is -5.15. The van der Waals surface area contributed by atoms with Crippen LogP contribution in [0.15, 0.2) is 12.1 Å². The van der Waals surface area contributed by atoms with Gasteiger partial charge < -0.3 is 15.1 Å². The van der Waals surface area contributed by atoms with Gasteiger partial charge in [-0.05, 0) is 30.5 Å². The molecule has 4 atom stereocenters. The van der Waals surface area contributed by atoms with Crippen LogP contribution < -0.4 is 0 Å². The number of carbonyl (C=O) groups excluding carboxylic acids is 1. The van der Waals surface area contributed by atoms with Crippen molar-refractivity contribution in [3.8, 4) is 6.07 Å². The van der Waals surface area contributed by atoms with E-state index >= 15 is 0 Å². The molecule has 2 N–H and O–H groups in total. The highest BCUT2D eigenvalue weighted by Gasteiger charge is 2.74. The molecule has 0 bridgehead atoms. The lowest BCUT2D eigenvalue weighted by atomic mass is 9.76. The van der Waals surface area contributed by atoms with Crippen LogP contribution in [0.4, 0.5) is 13.2 Å². The van der Waals surface area contributed by atoms with Gasteiger partial charge in [-0.3, -0.25) is 4.79 Å². The zero-order valence-electron chi connectivity index (χ0n) is 13.0. The van der Waals surface area contributed by atoms with Crippen molar-refractivity contribution in [1.82, 2.24) is 4.90 Å². The van der Waals surface area contributed by atoms with Gasteiger partial charge in [-0.1, -0.05) is 17.7 Å². The molecule has 2 fully saturated rings. The summed E-state index contributed by atoms with van der Waals surface area (Å²) >= 11 is 6.02.